The zero-order valence-corrected chi connectivity index (χ0v) is 25.2. The number of nitro groups is 1. The van der Waals surface area contributed by atoms with Crippen LogP contribution < -0.4 is 19.1 Å². The van der Waals surface area contributed by atoms with Crippen molar-refractivity contribution in [3.05, 3.63) is 106 Å². The van der Waals surface area contributed by atoms with Crippen LogP contribution in [0.15, 0.2) is 79.0 Å². The van der Waals surface area contributed by atoms with E-state index < -0.39 is 16.7 Å². The minimum absolute atomic E-state index is 0.194. The highest BCUT2D eigenvalue weighted by molar-refractivity contribution is 5.49. The van der Waals surface area contributed by atoms with Gasteiger partial charge in [-0.25, -0.2) is 0 Å². The predicted octanol–water partition coefficient (Wildman–Crippen LogP) is 6.33. The second-order valence-electron chi connectivity index (χ2n) is 11.6. The Balaban J connectivity index is 0.938. The van der Waals surface area contributed by atoms with E-state index in [9.17, 15) is 23.3 Å². The van der Waals surface area contributed by atoms with E-state index in [1.807, 2.05) is 36.4 Å². The summed E-state index contributed by atoms with van der Waals surface area (Å²) in [5.74, 6) is 1.17. The maximum Gasteiger partial charge on any atom is 0.416 e. The summed E-state index contributed by atoms with van der Waals surface area (Å²) in [4.78, 5) is 19.2. The number of fused-ring (bicyclic) bond motifs is 1. The van der Waals surface area contributed by atoms with Gasteiger partial charge in [-0.15, -0.1) is 0 Å². The number of hydrogen-bond acceptors (Lipinski definition) is 8. The molecule has 0 amide bonds. The van der Waals surface area contributed by atoms with Crippen molar-refractivity contribution in [2.75, 3.05) is 31.1 Å². The molecule has 0 aliphatic carbocycles. The summed E-state index contributed by atoms with van der Waals surface area (Å²) < 4.78 is 57.5. The molecule has 1 aromatic heterocycles. The molecule has 0 spiro atoms. The number of halogens is 3. The SMILES string of the molecule is C[C@H]1CN(c2ccc(OC[C@@H]3CCn4cc([N+](=O)[O-])nc4O3)cc2)CCN1Cc1ccc(OCc2ccc(C(F)(F)F)cc2)cc1. The first-order chi connectivity index (χ1) is 22.1. The van der Waals surface area contributed by atoms with Crippen LogP contribution in [-0.4, -0.2) is 57.8 Å². The highest BCUT2D eigenvalue weighted by Crippen LogP contribution is 2.30. The number of hydrogen-bond donors (Lipinski definition) is 0. The molecule has 0 saturated carbocycles. The lowest BCUT2D eigenvalue weighted by molar-refractivity contribution is -0.389. The second kappa shape index (κ2) is 13.3. The van der Waals surface area contributed by atoms with Crippen LogP contribution in [-0.2, 0) is 25.9 Å². The molecule has 0 N–H and O–H groups in total. The average molecular weight is 638 g/mol. The standard InChI is InChI=1S/C33H34F3N5O5/c1-23-18-39(27-8-12-29(13-9-27)45-22-30-14-15-40-20-31(41(42)43)37-32(40)46-30)17-16-38(23)19-24-4-10-28(11-5-24)44-21-25-2-6-26(7-3-25)33(34,35)36/h2-13,20,23,30H,14-19,21-22H2,1H3/t23-,30-/m0/s1. The Morgan fingerprint density at radius 2 is 1.61 bits per heavy atom. The van der Waals surface area contributed by atoms with Crippen molar-refractivity contribution < 1.29 is 32.3 Å². The van der Waals surface area contributed by atoms with Crippen LogP contribution in [0.25, 0.3) is 0 Å². The predicted molar refractivity (Wildman–Crippen MR) is 164 cm³/mol. The van der Waals surface area contributed by atoms with Crippen LogP contribution in [0.5, 0.6) is 17.5 Å². The molecule has 0 radical (unpaired) electrons. The van der Waals surface area contributed by atoms with Gasteiger partial charge in [0, 0.05) is 55.9 Å². The Morgan fingerprint density at radius 3 is 2.28 bits per heavy atom. The molecule has 2 atom stereocenters. The fourth-order valence-corrected chi connectivity index (χ4v) is 5.63. The maximum absolute atomic E-state index is 12.8. The van der Waals surface area contributed by atoms with Gasteiger partial charge in [0.05, 0.1) is 5.56 Å². The molecule has 10 nitrogen and oxygen atoms in total. The number of aromatic nitrogens is 2. The van der Waals surface area contributed by atoms with Crippen LogP contribution in [0.3, 0.4) is 0 Å². The number of imidazole rings is 1. The number of anilines is 1. The number of aryl methyl sites for hydroxylation is 1. The highest BCUT2D eigenvalue weighted by atomic mass is 19.4. The number of benzene rings is 3. The van der Waals surface area contributed by atoms with Crippen molar-refractivity contribution >= 4 is 11.5 Å². The lowest BCUT2D eigenvalue weighted by Gasteiger charge is -2.41. The maximum atomic E-state index is 12.8. The van der Waals surface area contributed by atoms with Gasteiger partial charge >= 0.3 is 18.0 Å². The number of piperazine rings is 1. The molecule has 13 heteroatoms. The van der Waals surface area contributed by atoms with Gasteiger partial charge in [0.1, 0.15) is 37.0 Å². The monoisotopic (exact) mass is 637 g/mol. The summed E-state index contributed by atoms with van der Waals surface area (Å²) in [6.45, 7) is 6.78. The number of ether oxygens (including phenoxy) is 3. The Labute approximate surface area is 264 Å². The zero-order valence-electron chi connectivity index (χ0n) is 25.2. The van der Waals surface area contributed by atoms with Gasteiger partial charge in [-0.2, -0.15) is 13.2 Å². The molecule has 3 aromatic carbocycles. The van der Waals surface area contributed by atoms with E-state index in [1.54, 1.807) is 4.57 Å². The van der Waals surface area contributed by atoms with Crippen LogP contribution in [0.4, 0.5) is 24.7 Å². The van der Waals surface area contributed by atoms with Gasteiger partial charge in [-0.05, 0) is 71.5 Å². The summed E-state index contributed by atoms with van der Waals surface area (Å²) in [5.41, 5.74) is 2.28. The van der Waals surface area contributed by atoms with Crippen molar-refractivity contribution in [1.82, 2.24) is 14.5 Å². The van der Waals surface area contributed by atoms with Gasteiger partial charge in [0.25, 0.3) is 0 Å². The topological polar surface area (TPSA) is 95.1 Å². The molecule has 1 saturated heterocycles. The third-order valence-electron chi connectivity index (χ3n) is 8.28. The molecule has 3 heterocycles. The summed E-state index contributed by atoms with van der Waals surface area (Å²) in [6, 6.07) is 21.4. The quantitative estimate of drug-likeness (QED) is 0.147. The van der Waals surface area contributed by atoms with E-state index in [0.717, 1.165) is 55.3 Å². The molecule has 6 rings (SSSR count). The number of rotatable bonds is 10. The molecule has 46 heavy (non-hydrogen) atoms. The summed E-state index contributed by atoms with van der Waals surface area (Å²) in [7, 11) is 0. The fraction of sp³-hybridized carbons (Fsp3) is 0.364. The zero-order chi connectivity index (χ0) is 32.3. The summed E-state index contributed by atoms with van der Waals surface area (Å²) >= 11 is 0. The van der Waals surface area contributed by atoms with Gasteiger partial charge in [-0.1, -0.05) is 24.3 Å². The van der Waals surface area contributed by atoms with Crippen LogP contribution in [0.2, 0.25) is 0 Å². The molecule has 242 valence electrons. The van der Waals surface area contributed by atoms with E-state index in [2.05, 4.69) is 33.8 Å². The fourth-order valence-electron chi connectivity index (χ4n) is 5.63. The largest absolute Gasteiger partial charge is 0.490 e. The first-order valence-electron chi connectivity index (χ1n) is 15.1. The van der Waals surface area contributed by atoms with Gasteiger partial charge in [-0.3, -0.25) is 9.47 Å². The minimum Gasteiger partial charge on any atom is -0.490 e. The van der Waals surface area contributed by atoms with E-state index >= 15 is 0 Å². The molecule has 2 aliphatic heterocycles. The van der Waals surface area contributed by atoms with Gasteiger partial charge in [0.15, 0.2) is 0 Å². The Bertz CT molecular complexity index is 1630. The first kappa shape index (κ1) is 31.2. The first-order valence-corrected chi connectivity index (χ1v) is 15.1. The Kier molecular flexibility index (Phi) is 9.02. The van der Waals surface area contributed by atoms with Crippen LogP contribution in [0.1, 0.15) is 30.0 Å². The molecule has 4 aromatic rings. The van der Waals surface area contributed by atoms with Crippen molar-refractivity contribution in [1.29, 1.82) is 0 Å². The molecular weight excluding hydrogens is 603 g/mol. The van der Waals surface area contributed by atoms with Crippen molar-refractivity contribution in [3.63, 3.8) is 0 Å². The number of alkyl halides is 3. The molecular formula is C33H34F3N5O5. The van der Waals surface area contributed by atoms with Gasteiger partial charge < -0.3 is 29.2 Å². The second-order valence-corrected chi connectivity index (χ2v) is 11.6. The van der Waals surface area contributed by atoms with Crippen molar-refractivity contribution in [2.24, 2.45) is 0 Å². The Hall–Kier alpha value is -4.78. The minimum atomic E-state index is -4.35. The van der Waals surface area contributed by atoms with Gasteiger partial charge in [0.2, 0.25) is 0 Å². The molecule has 0 bridgehead atoms. The van der Waals surface area contributed by atoms with E-state index in [-0.39, 0.29) is 24.5 Å². The Morgan fingerprint density at radius 1 is 0.935 bits per heavy atom. The lowest BCUT2D eigenvalue weighted by atomic mass is 10.1. The third kappa shape index (κ3) is 7.53. The smallest absolute Gasteiger partial charge is 0.416 e. The molecule has 0 unspecified atom stereocenters. The van der Waals surface area contributed by atoms with Crippen molar-refractivity contribution in [2.45, 2.75) is 51.4 Å². The molecule has 2 aliphatic rings. The van der Waals surface area contributed by atoms with E-state index in [0.29, 0.717) is 36.9 Å². The van der Waals surface area contributed by atoms with Crippen molar-refractivity contribution in [3.8, 4) is 17.5 Å². The van der Waals surface area contributed by atoms with Crippen LogP contribution in [0, 0.1) is 10.1 Å². The normalized spacial score (nSPS) is 18.5. The number of nitrogens with zero attached hydrogens (tertiary/aromatic N) is 5. The average Bonchev–Trinajstić information content (AvgIpc) is 3.49. The third-order valence-corrected chi connectivity index (χ3v) is 8.28. The highest BCUT2D eigenvalue weighted by Gasteiger charge is 2.30. The summed E-state index contributed by atoms with van der Waals surface area (Å²) in [5, 5.41) is 11.0. The molecule has 1 fully saturated rings. The van der Waals surface area contributed by atoms with Crippen LogP contribution >= 0.6 is 0 Å². The lowest BCUT2D eigenvalue weighted by Crippen LogP contribution is -2.51. The van der Waals surface area contributed by atoms with E-state index in [4.69, 9.17) is 14.2 Å². The summed E-state index contributed by atoms with van der Waals surface area (Å²) in [6.07, 6.45) is -2.53. The van der Waals surface area contributed by atoms with E-state index in [1.165, 1.54) is 18.3 Å².